The zero-order chi connectivity index (χ0) is 17.9. The first-order chi connectivity index (χ1) is 12.0. The molecular formula is C20H22INO2S. The molecule has 3 nitrogen and oxygen atoms in total. The Morgan fingerprint density at radius 1 is 0.960 bits per heavy atom. The maximum atomic E-state index is 13.2. The summed E-state index contributed by atoms with van der Waals surface area (Å²) in [7, 11) is -3.53. The Hall–Kier alpha value is -1.34. The Morgan fingerprint density at radius 2 is 1.68 bits per heavy atom. The van der Waals surface area contributed by atoms with Crippen LogP contribution in [-0.4, -0.2) is 17.4 Å². The number of halogens is 1. The summed E-state index contributed by atoms with van der Waals surface area (Å²) < 4.78 is 29.5. The maximum Gasteiger partial charge on any atom is 0.222 e. The molecule has 0 aliphatic heterocycles. The number of benzene rings is 2. The van der Waals surface area contributed by atoms with Gasteiger partial charge in [0.15, 0.2) is 0 Å². The van der Waals surface area contributed by atoms with E-state index in [0.717, 1.165) is 40.3 Å². The monoisotopic (exact) mass is 467 g/mol. The van der Waals surface area contributed by atoms with E-state index in [1.165, 1.54) is 6.42 Å². The van der Waals surface area contributed by atoms with Crippen molar-refractivity contribution in [3.05, 3.63) is 60.2 Å². The van der Waals surface area contributed by atoms with E-state index in [0.29, 0.717) is 9.92 Å². The number of fused-ring (bicyclic) bond motifs is 1. The van der Waals surface area contributed by atoms with E-state index in [9.17, 15) is 8.42 Å². The predicted molar refractivity (Wildman–Crippen MR) is 111 cm³/mol. The van der Waals surface area contributed by atoms with Gasteiger partial charge in [0.25, 0.3) is 0 Å². The van der Waals surface area contributed by atoms with Gasteiger partial charge in [-0.2, -0.15) is 0 Å². The molecule has 0 aliphatic rings. The molecule has 5 heteroatoms. The number of nitrogens with zero attached hydrogens (tertiary/aromatic N) is 1. The van der Waals surface area contributed by atoms with Gasteiger partial charge in [-0.25, -0.2) is 8.42 Å². The Morgan fingerprint density at radius 3 is 2.40 bits per heavy atom. The Kier molecular flexibility index (Phi) is 5.84. The van der Waals surface area contributed by atoms with Gasteiger partial charge in [-0.05, 0) is 48.5 Å². The maximum absolute atomic E-state index is 13.2. The second-order valence-electron chi connectivity index (χ2n) is 6.26. The fourth-order valence-corrected chi connectivity index (χ4v) is 5.05. The van der Waals surface area contributed by atoms with Crippen molar-refractivity contribution < 1.29 is 8.42 Å². The van der Waals surface area contributed by atoms with Crippen LogP contribution in [0.25, 0.3) is 10.9 Å². The van der Waals surface area contributed by atoms with Crippen LogP contribution in [0.15, 0.2) is 64.5 Å². The van der Waals surface area contributed by atoms with Crippen molar-refractivity contribution >= 4 is 43.3 Å². The zero-order valence-electron chi connectivity index (χ0n) is 14.3. The Labute approximate surface area is 163 Å². The highest BCUT2D eigenvalue weighted by molar-refractivity contribution is 14.1. The molecule has 3 aromatic rings. The molecule has 0 spiro atoms. The highest BCUT2D eigenvalue weighted by atomic mass is 127. The molecule has 132 valence electrons. The van der Waals surface area contributed by atoms with Gasteiger partial charge in [-0.3, -0.25) is 0 Å². The third kappa shape index (κ3) is 3.92. The fourth-order valence-electron chi connectivity index (χ4n) is 3.02. The van der Waals surface area contributed by atoms with Crippen molar-refractivity contribution in [2.75, 3.05) is 4.43 Å². The van der Waals surface area contributed by atoms with Crippen molar-refractivity contribution in [3.63, 3.8) is 0 Å². The lowest BCUT2D eigenvalue weighted by molar-refractivity contribution is 0.557. The van der Waals surface area contributed by atoms with Gasteiger partial charge < -0.3 is 4.57 Å². The number of para-hydroxylation sites is 1. The lowest BCUT2D eigenvalue weighted by Gasteiger charge is -2.11. The van der Waals surface area contributed by atoms with Crippen molar-refractivity contribution in [2.24, 2.45) is 0 Å². The molecule has 25 heavy (non-hydrogen) atoms. The number of rotatable bonds is 7. The standard InChI is InChI=1S/C20H22INO2S/c1-16-9-11-18(12-10-16)25(23,24)20-15-17-7-3-4-8-19(17)22(20)14-6-2-5-13-21/h3-4,7-12,15H,2,5-6,13-14H2,1H3. The number of alkyl halides is 1. The van der Waals surface area contributed by atoms with Crippen LogP contribution >= 0.6 is 22.6 Å². The smallest absolute Gasteiger partial charge is 0.222 e. The molecular weight excluding hydrogens is 445 g/mol. The summed E-state index contributed by atoms with van der Waals surface area (Å²) in [6.45, 7) is 2.69. The normalized spacial score (nSPS) is 11.9. The minimum atomic E-state index is -3.53. The SMILES string of the molecule is Cc1ccc(S(=O)(=O)c2cc3ccccc3n2CCCCCI)cc1. The van der Waals surface area contributed by atoms with E-state index in [-0.39, 0.29) is 0 Å². The van der Waals surface area contributed by atoms with Crippen LogP contribution in [0.2, 0.25) is 0 Å². The van der Waals surface area contributed by atoms with E-state index in [1.54, 1.807) is 12.1 Å². The lowest BCUT2D eigenvalue weighted by Crippen LogP contribution is -2.10. The van der Waals surface area contributed by atoms with Crippen molar-refractivity contribution in [2.45, 2.75) is 42.7 Å². The molecule has 2 aromatic carbocycles. The van der Waals surface area contributed by atoms with Gasteiger partial charge in [0.2, 0.25) is 9.84 Å². The third-order valence-corrected chi connectivity index (χ3v) is 6.94. The summed E-state index contributed by atoms with van der Waals surface area (Å²) in [5, 5.41) is 1.37. The number of aryl methyl sites for hydroxylation is 2. The third-order valence-electron chi connectivity index (χ3n) is 4.39. The minimum Gasteiger partial charge on any atom is -0.331 e. The molecule has 0 fully saturated rings. The highest BCUT2D eigenvalue weighted by Crippen LogP contribution is 2.28. The number of sulfone groups is 1. The van der Waals surface area contributed by atoms with Crippen LogP contribution in [0.3, 0.4) is 0 Å². The molecule has 1 heterocycles. The number of hydrogen-bond acceptors (Lipinski definition) is 2. The number of unbranched alkanes of at least 4 members (excludes halogenated alkanes) is 2. The molecule has 0 radical (unpaired) electrons. The summed E-state index contributed by atoms with van der Waals surface area (Å²) in [5.41, 5.74) is 2.04. The first-order valence-electron chi connectivity index (χ1n) is 8.50. The lowest BCUT2D eigenvalue weighted by atomic mass is 10.2. The highest BCUT2D eigenvalue weighted by Gasteiger charge is 2.23. The molecule has 0 bridgehead atoms. The summed E-state index contributed by atoms with van der Waals surface area (Å²) in [4.78, 5) is 0.356. The summed E-state index contributed by atoms with van der Waals surface area (Å²) >= 11 is 2.38. The Balaban J connectivity index is 2.06. The van der Waals surface area contributed by atoms with Gasteiger partial charge in [0, 0.05) is 17.4 Å². The van der Waals surface area contributed by atoms with Crippen LogP contribution in [0, 0.1) is 6.92 Å². The molecule has 0 atom stereocenters. The number of hydrogen-bond donors (Lipinski definition) is 0. The molecule has 0 saturated heterocycles. The van der Waals surface area contributed by atoms with Crippen molar-refractivity contribution in [1.29, 1.82) is 0 Å². The second-order valence-corrected chi connectivity index (χ2v) is 9.23. The minimum absolute atomic E-state index is 0.356. The van der Waals surface area contributed by atoms with Crippen LogP contribution in [0.5, 0.6) is 0 Å². The summed E-state index contributed by atoms with van der Waals surface area (Å²) in [6.07, 6.45) is 3.26. The van der Waals surface area contributed by atoms with E-state index in [4.69, 9.17) is 0 Å². The first-order valence-corrected chi connectivity index (χ1v) is 11.5. The van der Waals surface area contributed by atoms with E-state index in [1.807, 2.05) is 54.0 Å². The molecule has 0 amide bonds. The van der Waals surface area contributed by atoms with Crippen molar-refractivity contribution in [1.82, 2.24) is 4.57 Å². The molecule has 0 aliphatic carbocycles. The van der Waals surface area contributed by atoms with Gasteiger partial charge in [-0.15, -0.1) is 0 Å². The van der Waals surface area contributed by atoms with Crippen LogP contribution in [0.1, 0.15) is 24.8 Å². The largest absolute Gasteiger partial charge is 0.331 e. The quantitative estimate of drug-likeness (QED) is 0.266. The zero-order valence-corrected chi connectivity index (χ0v) is 17.3. The molecule has 0 saturated carbocycles. The van der Waals surface area contributed by atoms with Crippen LogP contribution in [-0.2, 0) is 16.4 Å². The van der Waals surface area contributed by atoms with Crippen molar-refractivity contribution in [3.8, 4) is 0 Å². The molecule has 0 unspecified atom stereocenters. The topological polar surface area (TPSA) is 39.1 Å². The van der Waals surface area contributed by atoms with Gasteiger partial charge in [0.05, 0.1) is 4.90 Å². The number of aromatic nitrogens is 1. The van der Waals surface area contributed by atoms with E-state index in [2.05, 4.69) is 22.6 Å². The van der Waals surface area contributed by atoms with Gasteiger partial charge in [0.1, 0.15) is 5.03 Å². The molecule has 1 aromatic heterocycles. The fraction of sp³-hybridized carbons (Fsp3) is 0.300. The summed E-state index contributed by atoms with van der Waals surface area (Å²) in [6, 6.07) is 16.8. The molecule has 0 N–H and O–H groups in total. The average Bonchev–Trinajstić information content (AvgIpc) is 2.99. The van der Waals surface area contributed by atoms with Crippen LogP contribution in [0.4, 0.5) is 0 Å². The first kappa shape index (κ1) is 18.5. The second kappa shape index (κ2) is 7.91. The van der Waals surface area contributed by atoms with Crippen LogP contribution < -0.4 is 0 Å². The van der Waals surface area contributed by atoms with E-state index >= 15 is 0 Å². The molecule has 3 rings (SSSR count). The Bertz CT molecular complexity index is 959. The van der Waals surface area contributed by atoms with Gasteiger partial charge in [-0.1, -0.05) is 64.9 Å². The summed E-state index contributed by atoms with van der Waals surface area (Å²) in [5.74, 6) is 0. The van der Waals surface area contributed by atoms with Gasteiger partial charge >= 0.3 is 0 Å². The van der Waals surface area contributed by atoms with E-state index < -0.39 is 9.84 Å². The average molecular weight is 467 g/mol. The predicted octanol–water partition coefficient (Wildman–Crippen LogP) is 5.39.